The highest BCUT2D eigenvalue weighted by atomic mass is 32.2. The van der Waals surface area contributed by atoms with Gasteiger partial charge in [-0.2, -0.15) is 0 Å². The lowest BCUT2D eigenvalue weighted by Crippen LogP contribution is -2.27. The number of hydrogen-bond acceptors (Lipinski definition) is 3. The molecule has 0 bridgehead atoms. The van der Waals surface area contributed by atoms with Gasteiger partial charge in [0.05, 0.1) is 17.1 Å². The first kappa shape index (κ1) is 21.2. The molecule has 33 heavy (non-hydrogen) atoms. The largest absolute Gasteiger partial charge is 0.315 e. The Morgan fingerprint density at radius 3 is 2.48 bits per heavy atom. The Morgan fingerprint density at radius 1 is 0.939 bits per heavy atom. The molecule has 0 spiro atoms. The van der Waals surface area contributed by atoms with Gasteiger partial charge in [0, 0.05) is 11.4 Å². The van der Waals surface area contributed by atoms with E-state index >= 15 is 0 Å². The van der Waals surface area contributed by atoms with E-state index in [1.807, 2.05) is 66.9 Å². The zero-order valence-electron chi connectivity index (χ0n) is 18.2. The maximum atomic E-state index is 14.4. The second-order valence-electron chi connectivity index (χ2n) is 8.02. The molecule has 0 radical (unpaired) electrons. The van der Waals surface area contributed by atoms with Crippen molar-refractivity contribution in [1.82, 2.24) is 9.47 Å². The normalized spacial score (nSPS) is 15.2. The molecule has 0 N–H and O–H groups in total. The van der Waals surface area contributed by atoms with Crippen LogP contribution in [0.4, 0.5) is 9.18 Å². The van der Waals surface area contributed by atoms with Crippen LogP contribution in [0.5, 0.6) is 0 Å². The van der Waals surface area contributed by atoms with Crippen molar-refractivity contribution in [2.45, 2.75) is 20.4 Å². The highest BCUT2D eigenvalue weighted by Crippen LogP contribution is 2.35. The fourth-order valence-electron chi connectivity index (χ4n) is 4.32. The van der Waals surface area contributed by atoms with Gasteiger partial charge in [-0.15, -0.1) is 0 Å². The molecule has 4 aromatic rings. The first-order chi connectivity index (χ1) is 15.9. The van der Waals surface area contributed by atoms with Crippen molar-refractivity contribution in [2.24, 2.45) is 0 Å². The maximum absolute atomic E-state index is 14.4. The number of carbonyl (C=O) groups is 2. The Hall–Kier alpha value is -3.64. The van der Waals surface area contributed by atoms with E-state index in [0.717, 1.165) is 45.0 Å². The van der Waals surface area contributed by atoms with Crippen LogP contribution in [0.3, 0.4) is 0 Å². The fourth-order valence-corrected chi connectivity index (χ4v) is 5.14. The second-order valence-corrected chi connectivity index (χ2v) is 9.01. The quantitative estimate of drug-likeness (QED) is 0.324. The molecule has 0 aliphatic carbocycles. The molecule has 164 valence electrons. The van der Waals surface area contributed by atoms with E-state index in [2.05, 4.69) is 0 Å². The molecule has 3 aromatic carbocycles. The maximum Gasteiger partial charge on any atom is 0.293 e. The average molecular weight is 457 g/mol. The predicted octanol–water partition coefficient (Wildman–Crippen LogP) is 6.62. The van der Waals surface area contributed by atoms with E-state index in [-0.39, 0.29) is 23.5 Å². The van der Waals surface area contributed by atoms with Crippen LogP contribution in [0.15, 0.2) is 77.7 Å². The lowest BCUT2D eigenvalue weighted by Gasteiger charge is -2.14. The van der Waals surface area contributed by atoms with Crippen LogP contribution in [-0.4, -0.2) is 20.6 Å². The Kier molecular flexibility index (Phi) is 5.38. The summed E-state index contributed by atoms with van der Waals surface area (Å²) in [6.45, 7) is 3.99. The number of rotatable bonds is 4. The molecular formula is C27H21FN2O2S. The SMILES string of the molecule is Cc1cc(/C=C2/SC(=O)N(Cc3cccc4ccccc34)C2=O)c(C)n1-c1ccccc1F. The molecule has 1 aliphatic rings. The number of benzene rings is 3. The highest BCUT2D eigenvalue weighted by molar-refractivity contribution is 8.18. The molecule has 0 saturated carbocycles. The minimum Gasteiger partial charge on any atom is -0.315 e. The van der Waals surface area contributed by atoms with Gasteiger partial charge < -0.3 is 4.57 Å². The smallest absolute Gasteiger partial charge is 0.293 e. The summed E-state index contributed by atoms with van der Waals surface area (Å²) in [5, 5.41) is 1.80. The van der Waals surface area contributed by atoms with Crippen LogP contribution in [0.1, 0.15) is 22.5 Å². The molecule has 5 rings (SSSR count). The third kappa shape index (κ3) is 3.76. The van der Waals surface area contributed by atoms with Crippen molar-refractivity contribution in [2.75, 3.05) is 0 Å². The van der Waals surface area contributed by atoms with Crippen LogP contribution >= 0.6 is 11.8 Å². The number of amides is 2. The van der Waals surface area contributed by atoms with Crippen LogP contribution in [0.2, 0.25) is 0 Å². The third-order valence-electron chi connectivity index (χ3n) is 5.93. The second kappa shape index (κ2) is 8.37. The van der Waals surface area contributed by atoms with Crippen molar-refractivity contribution in [1.29, 1.82) is 0 Å². The Balaban J connectivity index is 1.47. The summed E-state index contributed by atoms with van der Waals surface area (Å²) >= 11 is 0.939. The van der Waals surface area contributed by atoms with Crippen molar-refractivity contribution in [3.05, 3.63) is 106 Å². The molecule has 1 fully saturated rings. The number of para-hydroxylation sites is 1. The summed E-state index contributed by atoms with van der Waals surface area (Å²) < 4.78 is 16.2. The minimum atomic E-state index is -0.318. The van der Waals surface area contributed by atoms with Crippen LogP contribution in [0, 0.1) is 19.7 Å². The summed E-state index contributed by atoms with van der Waals surface area (Å²) in [6, 6.07) is 22.3. The molecule has 0 unspecified atom stereocenters. The van der Waals surface area contributed by atoms with E-state index in [9.17, 15) is 14.0 Å². The van der Waals surface area contributed by atoms with E-state index in [0.29, 0.717) is 10.6 Å². The lowest BCUT2D eigenvalue weighted by atomic mass is 10.0. The summed E-state index contributed by atoms with van der Waals surface area (Å²) in [5.41, 5.74) is 3.81. The number of aryl methyl sites for hydroxylation is 1. The fraction of sp³-hybridized carbons (Fsp3) is 0.111. The number of fused-ring (bicyclic) bond motifs is 1. The van der Waals surface area contributed by atoms with Gasteiger partial charge >= 0.3 is 0 Å². The molecule has 1 saturated heterocycles. The number of halogens is 1. The Bertz CT molecular complexity index is 1450. The monoisotopic (exact) mass is 456 g/mol. The van der Waals surface area contributed by atoms with E-state index < -0.39 is 0 Å². The van der Waals surface area contributed by atoms with Gasteiger partial charge in [0.2, 0.25) is 0 Å². The van der Waals surface area contributed by atoms with E-state index in [1.54, 1.807) is 24.3 Å². The number of aromatic nitrogens is 1. The molecule has 2 heterocycles. The van der Waals surface area contributed by atoms with Gasteiger partial charge in [0.25, 0.3) is 11.1 Å². The lowest BCUT2D eigenvalue weighted by molar-refractivity contribution is -0.123. The average Bonchev–Trinajstić information content (AvgIpc) is 3.23. The van der Waals surface area contributed by atoms with Crippen LogP contribution < -0.4 is 0 Å². The van der Waals surface area contributed by atoms with Gasteiger partial charge in [-0.3, -0.25) is 14.5 Å². The molecule has 6 heteroatoms. The van der Waals surface area contributed by atoms with Crippen LogP contribution in [-0.2, 0) is 11.3 Å². The molecular weight excluding hydrogens is 435 g/mol. The van der Waals surface area contributed by atoms with E-state index in [4.69, 9.17) is 0 Å². The van der Waals surface area contributed by atoms with Crippen LogP contribution in [0.25, 0.3) is 22.5 Å². The summed E-state index contributed by atoms with van der Waals surface area (Å²) in [6.07, 6.45) is 1.73. The number of hydrogen-bond donors (Lipinski definition) is 0. The molecule has 1 aromatic heterocycles. The summed E-state index contributed by atoms with van der Waals surface area (Å²) in [4.78, 5) is 27.5. The first-order valence-electron chi connectivity index (χ1n) is 10.6. The van der Waals surface area contributed by atoms with Gasteiger partial charge in [-0.25, -0.2) is 4.39 Å². The first-order valence-corrected chi connectivity index (χ1v) is 11.4. The Morgan fingerprint density at radius 2 is 1.67 bits per heavy atom. The predicted molar refractivity (Wildman–Crippen MR) is 131 cm³/mol. The van der Waals surface area contributed by atoms with E-state index in [1.165, 1.54) is 11.0 Å². The van der Waals surface area contributed by atoms with Gasteiger partial charge in [-0.1, -0.05) is 54.6 Å². The third-order valence-corrected chi connectivity index (χ3v) is 6.84. The number of carbonyl (C=O) groups excluding carboxylic acids is 2. The van der Waals surface area contributed by atoms with Crippen molar-refractivity contribution in [3.63, 3.8) is 0 Å². The van der Waals surface area contributed by atoms with Gasteiger partial charge in [0.1, 0.15) is 5.82 Å². The Labute approximate surface area is 195 Å². The van der Waals surface area contributed by atoms with Crippen molar-refractivity contribution >= 4 is 39.8 Å². The minimum absolute atomic E-state index is 0.220. The van der Waals surface area contributed by atoms with Gasteiger partial charge in [0.15, 0.2) is 0 Å². The number of imide groups is 1. The van der Waals surface area contributed by atoms with Crippen molar-refractivity contribution in [3.8, 4) is 5.69 Å². The summed E-state index contributed by atoms with van der Waals surface area (Å²) in [5.74, 6) is -0.630. The molecule has 1 aliphatic heterocycles. The zero-order chi connectivity index (χ0) is 23.1. The van der Waals surface area contributed by atoms with Gasteiger partial charge in [-0.05, 0) is 71.8 Å². The number of nitrogens with zero attached hydrogens (tertiary/aromatic N) is 2. The topological polar surface area (TPSA) is 42.3 Å². The molecule has 0 atom stereocenters. The highest BCUT2D eigenvalue weighted by Gasteiger charge is 2.35. The summed E-state index contributed by atoms with van der Waals surface area (Å²) in [7, 11) is 0. The number of thioether (sulfide) groups is 1. The molecule has 4 nitrogen and oxygen atoms in total. The zero-order valence-corrected chi connectivity index (χ0v) is 19.0. The van der Waals surface area contributed by atoms with Crippen molar-refractivity contribution < 1.29 is 14.0 Å². The standard InChI is InChI=1S/C27H21FN2O2S/c1-17-14-21(18(2)30(17)24-13-6-5-12-23(24)28)15-25-26(31)29(27(32)33-25)16-20-10-7-9-19-8-3-4-11-22(19)20/h3-15H,16H2,1-2H3/b25-15+. The molecule has 2 amide bonds.